The largest absolute Gasteiger partial charge is 0.293 e. The minimum absolute atomic E-state index is 0.0261. The number of nitriles is 1. The summed E-state index contributed by atoms with van der Waals surface area (Å²) in [5, 5.41) is 9.77. The van der Waals surface area contributed by atoms with Crippen molar-refractivity contribution < 1.29 is 9.18 Å². The summed E-state index contributed by atoms with van der Waals surface area (Å²) in [6, 6.07) is 20.5. The van der Waals surface area contributed by atoms with E-state index >= 15 is 4.39 Å². The highest BCUT2D eigenvalue weighted by molar-refractivity contribution is 6.02. The van der Waals surface area contributed by atoms with Crippen LogP contribution in [0.2, 0.25) is 0 Å². The first-order chi connectivity index (χ1) is 18.4. The van der Waals surface area contributed by atoms with E-state index in [0.717, 1.165) is 34.4 Å². The molecule has 5 nitrogen and oxygen atoms in total. The minimum atomic E-state index is -0.677. The summed E-state index contributed by atoms with van der Waals surface area (Å²) in [5.41, 5.74) is 4.67. The van der Waals surface area contributed by atoms with Crippen molar-refractivity contribution in [1.82, 2.24) is 15.0 Å². The third kappa shape index (κ3) is 3.66. The van der Waals surface area contributed by atoms with Crippen LogP contribution in [0.3, 0.4) is 0 Å². The number of fused-ring (bicyclic) bond motifs is 3. The van der Waals surface area contributed by atoms with Gasteiger partial charge in [-0.1, -0.05) is 62.4 Å². The van der Waals surface area contributed by atoms with Crippen molar-refractivity contribution in [3.05, 3.63) is 102 Å². The second-order valence-corrected chi connectivity index (χ2v) is 10.2. The van der Waals surface area contributed by atoms with Crippen LogP contribution in [-0.4, -0.2) is 20.7 Å². The minimum Gasteiger partial charge on any atom is -0.293 e. The van der Waals surface area contributed by atoms with Gasteiger partial charge in [0, 0.05) is 46.0 Å². The highest BCUT2D eigenvalue weighted by Gasteiger charge is 2.49. The zero-order chi connectivity index (χ0) is 26.4. The Labute approximate surface area is 220 Å². The van der Waals surface area contributed by atoms with Gasteiger partial charge in [0.05, 0.1) is 17.0 Å². The highest BCUT2D eigenvalue weighted by Crippen LogP contribution is 2.51. The van der Waals surface area contributed by atoms with Gasteiger partial charge in [0.2, 0.25) is 0 Å². The lowest BCUT2D eigenvalue weighted by molar-refractivity contribution is -0.121. The molecule has 0 amide bonds. The van der Waals surface area contributed by atoms with Crippen LogP contribution in [-0.2, 0) is 16.6 Å². The molecule has 186 valence electrons. The van der Waals surface area contributed by atoms with E-state index in [0.29, 0.717) is 23.5 Å². The predicted octanol–water partition coefficient (Wildman–Crippen LogP) is 6.50. The van der Waals surface area contributed by atoms with Gasteiger partial charge in [-0.05, 0) is 42.5 Å². The molecule has 0 radical (unpaired) electrons. The summed E-state index contributed by atoms with van der Waals surface area (Å²) >= 11 is 0. The maximum atomic E-state index is 15.2. The first-order valence-electron chi connectivity index (χ1n) is 12.8. The lowest BCUT2D eigenvalue weighted by Crippen LogP contribution is -2.46. The van der Waals surface area contributed by atoms with Gasteiger partial charge in [0.15, 0.2) is 11.6 Å². The van der Waals surface area contributed by atoms with E-state index in [4.69, 9.17) is 9.97 Å². The molecule has 0 N–H and O–H groups in total. The van der Waals surface area contributed by atoms with Gasteiger partial charge >= 0.3 is 0 Å². The van der Waals surface area contributed by atoms with Crippen LogP contribution in [0.15, 0.2) is 84.7 Å². The van der Waals surface area contributed by atoms with Crippen LogP contribution >= 0.6 is 0 Å². The summed E-state index contributed by atoms with van der Waals surface area (Å²) in [5.74, 6) is -0.361. The maximum absolute atomic E-state index is 15.2. The lowest BCUT2D eigenvalue weighted by atomic mass is 9.57. The Bertz CT molecular complexity index is 1660. The van der Waals surface area contributed by atoms with Gasteiger partial charge < -0.3 is 0 Å². The van der Waals surface area contributed by atoms with Gasteiger partial charge in [0.1, 0.15) is 11.9 Å². The molecule has 4 aromatic rings. The Morgan fingerprint density at radius 1 is 1.00 bits per heavy atom. The number of rotatable bonds is 3. The van der Waals surface area contributed by atoms with Gasteiger partial charge in [-0.3, -0.25) is 9.78 Å². The molecule has 0 spiro atoms. The van der Waals surface area contributed by atoms with E-state index in [9.17, 15) is 10.1 Å². The zero-order valence-electron chi connectivity index (χ0n) is 21.1. The molecule has 2 heterocycles. The van der Waals surface area contributed by atoms with Crippen molar-refractivity contribution >= 4 is 5.78 Å². The average Bonchev–Trinajstić information content (AvgIpc) is 2.95. The van der Waals surface area contributed by atoms with Gasteiger partial charge in [0.25, 0.3) is 0 Å². The average molecular weight is 501 g/mol. The number of hydrogen-bond acceptors (Lipinski definition) is 5. The summed E-state index contributed by atoms with van der Waals surface area (Å²) in [6.45, 7) is 3.94. The third-order valence-electron chi connectivity index (χ3n) is 8.12. The number of carbonyl (C=O) groups excluding carboxylic acids is 1. The number of carbonyl (C=O) groups is 1. The Morgan fingerprint density at radius 2 is 1.76 bits per heavy atom. The normalized spacial score (nSPS) is 22.2. The molecule has 0 fully saturated rings. The molecule has 0 saturated heterocycles. The molecule has 2 aliphatic carbocycles. The topological polar surface area (TPSA) is 79.5 Å². The number of ketones is 1. The fourth-order valence-corrected chi connectivity index (χ4v) is 6.21. The Hall–Kier alpha value is -4.50. The van der Waals surface area contributed by atoms with Crippen molar-refractivity contribution in [1.29, 1.82) is 5.26 Å². The summed E-state index contributed by atoms with van der Waals surface area (Å²) in [6.07, 6.45) is 6.61. The molecule has 2 aromatic carbocycles. The van der Waals surface area contributed by atoms with Crippen LogP contribution in [0.1, 0.15) is 31.5 Å². The van der Waals surface area contributed by atoms with Crippen LogP contribution < -0.4 is 0 Å². The molecule has 6 rings (SSSR count). The maximum Gasteiger partial charge on any atom is 0.176 e. The Kier molecular flexibility index (Phi) is 5.72. The van der Waals surface area contributed by atoms with Gasteiger partial charge in [-0.25, -0.2) is 14.4 Å². The molecule has 38 heavy (non-hydrogen) atoms. The first kappa shape index (κ1) is 23.9. The van der Waals surface area contributed by atoms with E-state index < -0.39 is 5.41 Å². The van der Waals surface area contributed by atoms with E-state index in [1.807, 2.05) is 50.2 Å². The van der Waals surface area contributed by atoms with Crippen molar-refractivity contribution in [3.63, 3.8) is 0 Å². The monoisotopic (exact) mass is 500 g/mol. The standard InChI is InChI=1S/C32H25FN4O/c1-19-26-13-12-24-28(23-10-6-7-11-27(23)33)36-31(37-30(24)32(26,2)16-21(17-34)29(19)38)22-14-15-35-18-25(22)20-8-4-3-5-9-20/h3-11,14-16,18-19,26H,12-13H2,1-2H3/t19-,26-,32-/m1/s1. The van der Waals surface area contributed by atoms with E-state index in [1.54, 1.807) is 36.7 Å². The highest BCUT2D eigenvalue weighted by atomic mass is 19.1. The summed E-state index contributed by atoms with van der Waals surface area (Å²) in [7, 11) is 0. The van der Waals surface area contributed by atoms with E-state index in [-0.39, 0.29) is 29.0 Å². The third-order valence-corrected chi connectivity index (χ3v) is 8.12. The first-order valence-corrected chi connectivity index (χ1v) is 12.8. The zero-order valence-corrected chi connectivity index (χ0v) is 21.1. The Morgan fingerprint density at radius 3 is 2.53 bits per heavy atom. The number of benzene rings is 2. The van der Waals surface area contributed by atoms with Crippen LogP contribution in [0, 0.1) is 29.0 Å². The number of Topliss-reactive ketones (excluding diaryl/α,β-unsaturated/α-hetero) is 1. The molecule has 0 saturated carbocycles. The SMILES string of the molecule is C[C@H]1C(=O)C(C#N)=C[C@@]2(C)c3nc(-c4ccncc4-c4ccccc4)nc(-c4ccccc4F)c3CC[C@H]12. The number of pyridine rings is 1. The molecule has 0 unspecified atom stereocenters. The number of nitrogens with zero attached hydrogens (tertiary/aromatic N) is 4. The second kappa shape index (κ2) is 9.11. The summed E-state index contributed by atoms with van der Waals surface area (Å²) in [4.78, 5) is 27.4. The second-order valence-electron chi connectivity index (χ2n) is 10.2. The quantitative estimate of drug-likeness (QED) is 0.321. The van der Waals surface area contributed by atoms with Crippen LogP contribution in [0.4, 0.5) is 4.39 Å². The fourth-order valence-electron chi connectivity index (χ4n) is 6.21. The number of aromatic nitrogens is 3. The van der Waals surface area contributed by atoms with Crippen LogP contribution in [0.25, 0.3) is 33.8 Å². The smallest absolute Gasteiger partial charge is 0.176 e. The van der Waals surface area contributed by atoms with Crippen LogP contribution in [0.5, 0.6) is 0 Å². The lowest BCUT2D eigenvalue weighted by Gasteiger charge is -2.45. The van der Waals surface area contributed by atoms with E-state index in [1.165, 1.54) is 6.07 Å². The fraction of sp³-hybridized carbons (Fsp3) is 0.219. The molecule has 2 aromatic heterocycles. The summed E-state index contributed by atoms with van der Waals surface area (Å²) < 4.78 is 15.2. The van der Waals surface area contributed by atoms with Crippen molar-refractivity contribution in [2.45, 2.75) is 32.1 Å². The molecular weight excluding hydrogens is 475 g/mol. The van der Waals surface area contributed by atoms with Crippen molar-refractivity contribution in [2.24, 2.45) is 11.8 Å². The number of allylic oxidation sites excluding steroid dienone is 2. The van der Waals surface area contributed by atoms with Gasteiger partial charge in [-0.2, -0.15) is 5.26 Å². The van der Waals surface area contributed by atoms with Crippen molar-refractivity contribution in [3.8, 4) is 39.8 Å². The molecule has 0 aliphatic heterocycles. The predicted molar refractivity (Wildman–Crippen MR) is 143 cm³/mol. The van der Waals surface area contributed by atoms with Gasteiger partial charge in [-0.15, -0.1) is 0 Å². The molecular formula is C32H25FN4O. The number of hydrogen-bond donors (Lipinski definition) is 0. The molecule has 2 aliphatic rings. The number of halogens is 1. The Balaban J connectivity index is 1.67. The van der Waals surface area contributed by atoms with E-state index in [2.05, 4.69) is 11.1 Å². The molecule has 0 bridgehead atoms. The molecule has 6 heteroatoms. The van der Waals surface area contributed by atoms with Crippen molar-refractivity contribution in [2.75, 3.05) is 0 Å². The molecule has 3 atom stereocenters.